The summed E-state index contributed by atoms with van der Waals surface area (Å²) in [4.78, 5) is 29.0. The van der Waals surface area contributed by atoms with E-state index in [1.54, 1.807) is 60.8 Å². The molecule has 0 unspecified atom stereocenters. The molecule has 0 saturated carbocycles. The summed E-state index contributed by atoms with van der Waals surface area (Å²) in [6.07, 6.45) is 3.06. The molecule has 1 aromatic heterocycles. The quantitative estimate of drug-likeness (QED) is 0.685. The molecule has 2 N–H and O–H groups in total. The minimum Gasteiger partial charge on any atom is -0.493 e. The van der Waals surface area contributed by atoms with E-state index in [4.69, 9.17) is 9.47 Å². The Labute approximate surface area is 162 Å². The lowest BCUT2D eigenvalue weighted by Gasteiger charge is -2.13. The van der Waals surface area contributed by atoms with Gasteiger partial charge in [0.25, 0.3) is 11.8 Å². The topological polar surface area (TPSA) is 89.6 Å². The Morgan fingerprint density at radius 1 is 0.786 bits per heavy atom. The highest BCUT2D eigenvalue weighted by Gasteiger charge is 2.14. The van der Waals surface area contributed by atoms with Crippen LogP contribution in [0.2, 0.25) is 0 Å². The number of aromatic nitrogens is 1. The van der Waals surface area contributed by atoms with Crippen molar-refractivity contribution in [1.29, 1.82) is 0 Å². The number of rotatable bonds is 6. The van der Waals surface area contributed by atoms with E-state index in [1.165, 1.54) is 20.4 Å². The molecule has 2 amide bonds. The molecule has 7 heteroatoms. The summed E-state index contributed by atoms with van der Waals surface area (Å²) in [5.74, 6) is 0.321. The molecule has 0 radical (unpaired) electrons. The predicted molar refractivity (Wildman–Crippen MR) is 106 cm³/mol. The van der Waals surface area contributed by atoms with E-state index in [9.17, 15) is 9.59 Å². The smallest absolute Gasteiger partial charge is 0.257 e. The van der Waals surface area contributed by atoms with E-state index < -0.39 is 0 Å². The van der Waals surface area contributed by atoms with Crippen LogP contribution in [0.25, 0.3) is 0 Å². The first-order valence-corrected chi connectivity index (χ1v) is 8.46. The van der Waals surface area contributed by atoms with Gasteiger partial charge in [-0.05, 0) is 42.5 Å². The molecule has 1 heterocycles. The average Bonchev–Trinajstić information content (AvgIpc) is 2.75. The summed E-state index contributed by atoms with van der Waals surface area (Å²) in [5.41, 5.74) is 1.76. The highest BCUT2D eigenvalue weighted by molar-refractivity contribution is 6.10. The minimum absolute atomic E-state index is 0.319. The summed E-state index contributed by atoms with van der Waals surface area (Å²) < 4.78 is 10.4. The van der Waals surface area contributed by atoms with Gasteiger partial charge in [-0.15, -0.1) is 0 Å². The van der Waals surface area contributed by atoms with Gasteiger partial charge in [-0.2, -0.15) is 0 Å². The molecule has 0 bridgehead atoms. The SMILES string of the molecule is COc1ccc(C(=O)Nc2ccccc2NC(=O)c2cccnc2)cc1OC. The fourth-order valence-corrected chi connectivity index (χ4v) is 2.56. The second-order valence-corrected chi connectivity index (χ2v) is 5.77. The Kier molecular flexibility index (Phi) is 5.86. The van der Waals surface area contributed by atoms with Crippen molar-refractivity contribution >= 4 is 23.2 Å². The predicted octanol–water partition coefficient (Wildman–Crippen LogP) is 3.60. The van der Waals surface area contributed by atoms with E-state index in [2.05, 4.69) is 15.6 Å². The molecule has 0 fully saturated rings. The molecule has 0 aliphatic rings. The van der Waals surface area contributed by atoms with Crippen LogP contribution < -0.4 is 20.1 Å². The third-order valence-electron chi connectivity index (χ3n) is 3.99. The maximum Gasteiger partial charge on any atom is 0.257 e. The van der Waals surface area contributed by atoms with Gasteiger partial charge >= 0.3 is 0 Å². The standard InChI is InChI=1S/C21H19N3O4/c1-27-18-10-9-14(12-19(18)28-2)20(25)23-16-7-3-4-8-17(16)24-21(26)15-6-5-11-22-13-15/h3-13H,1-2H3,(H,23,25)(H,24,26). The Morgan fingerprint density at radius 2 is 1.43 bits per heavy atom. The first kappa shape index (κ1) is 18.9. The zero-order valence-corrected chi connectivity index (χ0v) is 15.4. The second-order valence-electron chi connectivity index (χ2n) is 5.77. The number of methoxy groups -OCH3 is 2. The molecule has 28 heavy (non-hydrogen) atoms. The molecule has 142 valence electrons. The number of pyridine rings is 1. The highest BCUT2D eigenvalue weighted by atomic mass is 16.5. The van der Waals surface area contributed by atoms with Gasteiger partial charge < -0.3 is 20.1 Å². The number of anilines is 2. The normalized spacial score (nSPS) is 10.1. The van der Waals surface area contributed by atoms with Crippen molar-refractivity contribution in [2.45, 2.75) is 0 Å². The molecule has 3 aromatic rings. The van der Waals surface area contributed by atoms with Gasteiger partial charge in [0.05, 0.1) is 31.2 Å². The van der Waals surface area contributed by atoms with Crippen LogP contribution in [0.1, 0.15) is 20.7 Å². The van der Waals surface area contributed by atoms with Crippen LogP contribution in [0.5, 0.6) is 11.5 Å². The van der Waals surface area contributed by atoms with Crippen molar-refractivity contribution in [1.82, 2.24) is 4.98 Å². The fraction of sp³-hybridized carbons (Fsp3) is 0.0952. The van der Waals surface area contributed by atoms with E-state index in [0.29, 0.717) is 34.0 Å². The Hall–Kier alpha value is -3.87. The van der Waals surface area contributed by atoms with Crippen LogP contribution in [0.4, 0.5) is 11.4 Å². The number of benzene rings is 2. The van der Waals surface area contributed by atoms with Crippen LogP contribution in [0.3, 0.4) is 0 Å². The number of hydrogen-bond donors (Lipinski definition) is 2. The van der Waals surface area contributed by atoms with Crippen molar-refractivity contribution in [3.63, 3.8) is 0 Å². The maximum absolute atomic E-state index is 12.7. The monoisotopic (exact) mass is 377 g/mol. The van der Waals surface area contributed by atoms with E-state index in [1.807, 2.05) is 0 Å². The molecule has 0 atom stereocenters. The second kappa shape index (κ2) is 8.68. The molecule has 0 aliphatic heterocycles. The van der Waals surface area contributed by atoms with Crippen molar-refractivity contribution in [3.8, 4) is 11.5 Å². The van der Waals surface area contributed by atoms with Crippen LogP contribution >= 0.6 is 0 Å². The first-order valence-electron chi connectivity index (χ1n) is 8.46. The molecular weight excluding hydrogens is 358 g/mol. The largest absolute Gasteiger partial charge is 0.493 e. The number of carbonyl (C=O) groups excluding carboxylic acids is 2. The summed E-state index contributed by atoms with van der Waals surface area (Å²) in [5, 5.41) is 5.59. The number of amides is 2. The van der Waals surface area contributed by atoms with Gasteiger partial charge in [0.15, 0.2) is 11.5 Å². The molecule has 3 rings (SSSR count). The maximum atomic E-state index is 12.7. The minimum atomic E-state index is -0.343. The van der Waals surface area contributed by atoms with E-state index >= 15 is 0 Å². The Balaban J connectivity index is 1.80. The summed E-state index contributed by atoms with van der Waals surface area (Å²) >= 11 is 0. The zero-order chi connectivity index (χ0) is 19.9. The third kappa shape index (κ3) is 4.27. The number of carbonyl (C=O) groups is 2. The van der Waals surface area contributed by atoms with Crippen LogP contribution in [-0.4, -0.2) is 31.0 Å². The lowest BCUT2D eigenvalue weighted by molar-refractivity contribution is 0.101. The Bertz CT molecular complexity index is 990. The highest BCUT2D eigenvalue weighted by Crippen LogP contribution is 2.28. The number of hydrogen-bond acceptors (Lipinski definition) is 5. The van der Waals surface area contributed by atoms with E-state index in [-0.39, 0.29) is 11.8 Å². The van der Waals surface area contributed by atoms with Crippen molar-refractivity contribution in [2.24, 2.45) is 0 Å². The fourth-order valence-electron chi connectivity index (χ4n) is 2.56. The molecule has 7 nitrogen and oxygen atoms in total. The number of nitrogens with one attached hydrogen (secondary N) is 2. The summed E-state index contributed by atoms with van der Waals surface area (Å²) in [7, 11) is 3.03. The lowest BCUT2D eigenvalue weighted by Crippen LogP contribution is -2.17. The molecule has 0 aliphatic carbocycles. The van der Waals surface area contributed by atoms with Crippen LogP contribution in [0.15, 0.2) is 67.0 Å². The average molecular weight is 377 g/mol. The van der Waals surface area contributed by atoms with Crippen LogP contribution in [-0.2, 0) is 0 Å². The van der Waals surface area contributed by atoms with Gasteiger partial charge in [0.1, 0.15) is 0 Å². The molecular formula is C21H19N3O4. The number of para-hydroxylation sites is 2. The summed E-state index contributed by atoms with van der Waals surface area (Å²) in [6.45, 7) is 0. The third-order valence-corrected chi connectivity index (χ3v) is 3.99. The molecule has 2 aromatic carbocycles. The lowest BCUT2D eigenvalue weighted by atomic mass is 10.1. The van der Waals surface area contributed by atoms with Gasteiger partial charge in [-0.3, -0.25) is 14.6 Å². The summed E-state index contributed by atoms with van der Waals surface area (Å²) in [6, 6.07) is 15.2. The van der Waals surface area contributed by atoms with Crippen LogP contribution in [0, 0.1) is 0 Å². The first-order chi connectivity index (χ1) is 13.6. The molecule has 0 saturated heterocycles. The van der Waals surface area contributed by atoms with Crippen molar-refractivity contribution in [3.05, 3.63) is 78.1 Å². The van der Waals surface area contributed by atoms with Crippen molar-refractivity contribution in [2.75, 3.05) is 24.9 Å². The van der Waals surface area contributed by atoms with Gasteiger partial charge in [0.2, 0.25) is 0 Å². The Morgan fingerprint density at radius 3 is 2.00 bits per heavy atom. The zero-order valence-electron chi connectivity index (χ0n) is 15.4. The number of ether oxygens (including phenoxy) is 2. The number of nitrogens with zero attached hydrogens (tertiary/aromatic N) is 1. The van der Waals surface area contributed by atoms with Gasteiger partial charge in [-0.1, -0.05) is 12.1 Å². The van der Waals surface area contributed by atoms with Crippen molar-refractivity contribution < 1.29 is 19.1 Å². The van der Waals surface area contributed by atoms with Gasteiger partial charge in [-0.25, -0.2) is 0 Å². The molecule has 0 spiro atoms. The van der Waals surface area contributed by atoms with E-state index in [0.717, 1.165) is 0 Å². The van der Waals surface area contributed by atoms with Gasteiger partial charge in [0, 0.05) is 18.0 Å².